The molecule has 0 aromatic carbocycles. The van der Waals surface area contributed by atoms with Crippen LogP contribution in [0.25, 0.3) is 0 Å². The average molecular weight is 319 g/mol. The molecular formula is C17H25N3O3. The number of nitrogens with zero attached hydrogens (tertiary/aromatic N) is 3. The maximum absolute atomic E-state index is 12.5. The Hall–Kier alpha value is -1.82. The molecule has 3 heterocycles. The van der Waals surface area contributed by atoms with E-state index in [4.69, 9.17) is 4.42 Å². The maximum Gasteiger partial charge on any atom is 0.257 e. The first-order valence-electron chi connectivity index (χ1n) is 8.22. The molecule has 3 atom stereocenters. The van der Waals surface area contributed by atoms with Crippen molar-refractivity contribution in [1.82, 2.24) is 14.7 Å². The van der Waals surface area contributed by atoms with E-state index >= 15 is 0 Å². The molecule has 0 spiro atoms. The molecule has 0 bridgehead atoms. The van der Waals surface area contributed by atoms with Crippen molar-refractivity contribution in [2.24, 2.45) is 5.92 Å². The van der Waals surface area contributed by atoms with Gasteiger partial charge in [-0.25, -0.2) is 0 Å². The van der Waals surface area contributed by atoms with Gasteiger partial charge in [-0.3, -0.25) is 9.59 Å². The predicted octanol–water partition coefficient (Wildman–Crippen LogP) is 1.29. The Labute approximate surface area is 137 Å². The molecule has 0 saturated carbocycles. The van der Waals surface area contributed by atoms with Gasteiger partial charge in [-0.2, -0.15) is 0 Å². The highest BCUT2D eigenvalue weighted by Crippen LogP contribution is 2.36. The second-order valence-corrected chi connectivity index (χ2v) is 6.96. The zero-order valence-corrected chi connectivity index (χ0v) is 14.1. The third kappa shape index (κ3) is 3.13. The molecule has 0 unspecified atom stereocenters. The Kier molecular flexibility index (Phi) is 4.43. The summed E-state index contributed by atoms with van der Waals surface area (Å²) in [6.45, 7) is 3.96. The molecule has 2 aliphatic rings. The number of hydrogen-bond acceptors (Lipinski definition) is 4. The van der Waals surface area contributed by atoms with Crippen LogP contribution in [0.15, 0.2) is 23.0 Å². The van der Waals surface area contributed by atoms with Gasteiger partial charge in [-0.1, -0.05) is 0 Å². The minimum Gasteiger partial charge on any atom is -0.472 e. The van der Waals surface area contributed by atoms with E-state index in [0.717, 1.165) is 25.9 Å². The fraction of sp³-hybridized carbons (Fsp3) is 0.647. The summed E-state index contributed by atoms with van der Waals surface area (Å²) in [5.41, 5.74) is 0.606. The third-order valence-electron chi connectivity index (χ3n) is 5.01. The lowest BCUT2D eigenvalue weighted by Crippen LogP contribution is -2.50. The van der Waals surface area contributed by atoms with Crippen molar-refractivity contribution in [1.29, 1.82) is 0 Å². The maximum atomic E-state index is 12.5. The molecule has 23 heavy (non-hydrogen) atoms. The number of piperidine rings is 1. The number of likely N-dealkylation sites (N-methyl/N-ethyl adjacent to an activating group) is 1. The molecule has 1 aromatic rings. The van der Waals surface area contributed by atoms with Gasteiger partial charge in [0.15, 0.2) is 0 Å². The molecule has 1 aromatic heterocycles. The van der Waals surface area contributed by atoms with Crippen LogP contribution in [-0.4, -0.2) is 72.3 Å². The average Bonchev–Trinajstić information content (AvgIpc) is 3.12. The largest absolute Gasteiger partial charge is 0.472 e. The van der Waals surface area contributed by atoms with Crippen molar-refractivity contribution in [3.8, 4) is 0 Å². The molecular weight excluding hydrogens is 294 g/mol. The number of carbonyl (C=O) groups excluding carboxylic acids is 2. The van der Waals surface area contributed by atoms with Crippen LogP contribution in [0.2, 0.25) is 0 Å². The van der Waals surface area contributed by atoms with Gasteiger partial charge in [-0.15, -0.1) is 0 Å². The second kappa shape index (κ2) is 6.35. The standard InChI is InChI=1S/C17H25N3O3/c1-12(21)20-15(10-18(2)3)8-14-9-19(6-4-16(14)20)17(22)13-5-7-23-11-13/h5,7,11,14-16H,4,6,8-10H2,1-3H3/t14-,15+,16+/m1/s1. The SMILES string of the molecule is CC(=O)N1[C@H](CN(C)C)C[C@@H]2CN(C(=O)c3ccoc3)CC[C@@H]21. The van der Waals surface area contributed by atoms with Crippen LogP contribution in [0.5, 0.6) is 0 Å². The molecule has 2 aliphatic heterocycles. The summed E-state index contributed by atoms with van der Waals surface area (Å²) >= 11 is 0. The van der Waals surface area contributed by atoms with Crippen LogP contribution in [0.4, 0.5) is 0 Å². The molecule has 126 valence electrons. The first kappa shape index (κ1) is 16.1. The quantitative estimate of drug-likeness (QED) is 0.842. The van der Waals surface area contributed by atoms with E-state index in [1.54, 1.807) is 13.0 Å². The first-order chi connectivity index (χ1) is 11.0. The Morgan fingerprint density at radius 2 is 2.17 bits per heavy atom. The summed E-state index contributed by atoms with van der Waals surface area (Å²) in [6.07, 6.45) is 4.86. The monoisotopic (exact) mass is 319 g/mol. The highest BCUT2D eigenvalue weighted by atomic mass is 16.3. The van der Waals surface area contributed by atoms with Crippen molar-refractivity contribution in [2.75, 3.05) is 33.7 Å². The van der Waals surface area contributed by atoms with Crippen molar-refractivity contribution in [2.45, 2.75) is 31.8 Å². The van der Waals surface area contributed by atoms with E-state index in [1.165, 1.54) is 12.5 Å². The van der Waals surface area contributed by atoms with E-state index in [0.29, 0.717) is 18.0 Å². The lowest BCUT2D eigenvalue weighted by atomic mass is 9.91. The van der Waals surface area contributed by atoms with Crippen LogP contribution in [0.1, 0.15) is 30.1 Å². The van der Waals surface area contributed by atoms with Crippen LogP contribution in [0, 0.1) is 5.92 Å². The summed E-state index contributed by atoms with van der Waals surface area (Å²) in [4.78, 5) is 30.7. The molecule has 2 fully saturated rings. The van der Waals surface area contributed by atoms with E-state index in [9.17, 15) is 9.59 Å². The summed E-state index contributed by atoms with van der Waals surface area (Å²) in [5.74, 6) is 0.551. The lowest BCUT2D eigenvalue weighted by molar-refractivity contribution is -0.132. The van der Waals surface area contributed by atoms with Crippen LogP contribution in [-0.2, 0) is 4.79 Å². The van der Waals surface area contributed by atoms with Crippen LogP contribution < -0.4 is 0 Å². The van der Waals surface area contributed by atoms with Crippen molar-refractivity contribution in [3.63, 3.8) is 0 Å². The number of likely N-dealkylation sites (tertiary alicyclic amines) is 2. The molecule has 6 heteroatoms. The van der Waals surface area contributed by atoms with Gasteiger partial charge in [0.25, 0.3) is 5.91 Å². The van der Waals surface area contributed by atoms with Crippen molar-refractivity contribution >= 4 is 11.8 Å². The molecule has 6 nitrogen and oxygen atoms in total. The molecule has 3 rings (SSSR count). The van der Waals surface area contributed by atoms with E-state index in [-0.39, 0.29) is 23.9 Å². The lowest BCUT2D eigenvalue weighted by Gasteiger charge is -2.38. The molecule has 0 radical (unpaired) electrons. The third-order valence-corrected chi connectivity index (χ3v) is 5.01. The van der Waals surface area contributed by atoms with E-state index in [2.05, 4.69) is 9.80 Å². The topological polar surface area (TPSA) is 57.0 Å². The first-order valence-corrected chi connectivity index (χ1v) is 8.22. The molecule has 2 amide bonds. The Balaban J connectivity index is 1.71. The van der Waals surface area contributed by atoms with Crippen LogP contribution in [0.3, 0.4) is 0 Å². The minimum absolute atomic E-state index is 0.0302. The Morgan fingerprint density at radius 3 is 2.78 bits per heavy atom. The van der Waals surface area contributed by atoms with Gasteiger partial charge in [0.05, 0.1) is 11.8 Å². The fourth-order valence-corrected chi connectivity index (χ4v) is 4.18. The Bertz CT molecular complexity index is 570. The number of fused-ring (bicyclic) bond motifs is 1. The van der Waals surface area contributed by atoms with Gasteiger partial charge in [-0.05, 0) is 38.9 Å². The fourth-order valence-electron chi connectivity index (χ4n) is 4.18. The number of furan rings is 1. The summed E-state index contributed by atoms with van der Waals surface area (Å²) in [5, 5.41) is 0. The van der Waals surface area contributed by atoms with Crippen molar-refractivity contribution in [3.05, 3.63) is 24.2 Å². The van der Waals surface area contributed by atoms with Gasteiger partial charge in [0.2, 0.25) is 5.91 Å². The Morgan fingerprint density at radius 1 is 1.39 bits per heavy atom. The molecule has 0 aliphatic carbocycles. The smallest absolute Gasteiger partial charge is 0.257 e. The minimum atomic E-state index is 0.0302. The van der Waals surface area contributed by atoms with E-state index in [1.807, 2.05) is 19.0 Å². The van der Waals surface area contributed by atoms with Gasteiger partial charge in [0.1, 0.15) is 6.26 Å². The number of carbonyl (C=O) groups is 2. The molecule has 0 N–H and O–H groups in total. The summed E-state index contributed by atoms with van der Waals surface area (Å²) in [7, 11) is 4.07. The van der Waals surface area contributed by atoms with E-state index < -0.39 is 0 Å². The molecule has 2 saturated heterocycles. The zero-order valence-electron chi connectivity index (χ0n) is 14.1. The number of amides is 2. The van der Waals surface area contributed by atoms with Crippen LogP contribution >= 0.6 is 0 Å². The number of hydrogen-bond donors (Lipinski definition) is 0. The van der Waals surface area contributed by atoms with Gasteiger partial charge < -0.3 is 19.1 Å². The van der Waals surface area contributed by atoms with Gasteiger partial charge in [0, 0.05) is 38.6 Å². The van der Waals surface area contributed by atoms with Crippen molar-refractivity contribution < 1.29 is 14.0 Å². The zero-order chi connectivity index (χ0) is 16.6. The summed E-state index contributed by atoms with van der Waals surface area (Å²) < 4.78 is 5.02. The highest BCUT2D eigenvalue weighted by molar-refractivity contribution is 5.93. The normalized spacial score (nSPS) is 27.4. The predicted molar refractivity (Wildman–Crippen MR) is 86.0 cm³/mol. The summed E-state index contributed by atoms with van der Waals surface area (Å²) in [6, 6.07) is 2.23. The second-order valence-electron chi connectivity index (χ2n) is 6.96. The number of rotatable bonds is 3. The van der Waals surface area contributed by atoms with Gasteiger partial charge >= 0.3 is 0 Å². The highest BCUT2D eigenvalue weighted by Gasteiger charge is 2.45.